The van der Waals surface area contributed by atoms with Crippen LogP contribution in [0, 0.1) is 29.1 Å². The highest BCUT2D eigenvalue weighted by Crippen LogP contribution is 2.45. The second kappa shape index (κ2) is 9.25. The SMILES string of the molecule is [2H]O[C@@H]1CC(CC[C@@H]2[C@@H]3C(=C[C@H](C([2H])([2H])[2H])C[C@@H]3OC(=O)C(C)(C)C([2H])([2H])C([2H])([2H])[2H])C=C[C@@H]2C)OC(=O)C1([2H])[2H]. The van der Waals surface area contributed by atoms with Gasteiger partial charge in [0, 0.05) is 26.0 Å². The number of hydrogen-bond donors (Lipinski definition) is 1. The molecule has 3 aliphatic rings. The van der Waals surface area contributed by atoms with Gasteiger partial charge in [0.2, 0.25) is 1.43 Å². The number of aliphatic hydroxyl groups is 1. The molecule has 0 aromatic rings. The van der Waals surface area contributed by atoms with E-state index in [0.717, 1.165) is 13.8 Å². The normalized spacial score (nSPS) is 44.9. The summed E-state index contributed by atoms with van der Waals surface area (Å²) in [6.45, 7) is -1.27. The highest BCUT2D eigenvalue weighted by molar-refractivity contribution is 5.76. The van der Waals surface area contributed by atoms with Gasteiger partial charge in [-0.05, 0) is 62.8 Å². The van der Waals surface area contributed by atoms with Gasteiger partial charge >= 0.3 is 11.9 Å². The van der Waals surface area contributed by atoms with E-state index in [1.807, 2.05) is 13.0 Å². The minimum atomic E-state index is -3.12. The minimum Gasteiger partial charge on any atom is -0.462 e. The van der Waals surface area contributed by atoms with Crippen LogP contribution in [0.25, 0.3) is 0 Å². The van der Waals surface area contributed by atoms with E-state index in [1.165, 1.54) is 0 Å². The molecule has 0 spiro atoms. The highest BCUT2D eigenvalue weighted by atomic mass is 16.6. The van der Waals surface area contributed by atoms with Gasteiger partial charge in [-0.2, -0.15) is 0 Å². The number of hydrogen-bond acceptors (Lipinski definition) is 5. The fourth-order valence-corrected chi connectivity index (χ4v) is 4.56. The first-order chi connectivity index (χ1) is 18.6. The van der Waals surface area contributed by atoms with Crippen molar-refractivity contribution in [2.75, 3.05) is 0 Å². The molecule has 0 saturated carbocycles. The molecule has 30 heavy (non-hydrogen) atoms. The lowest BCUT2D eigenvalue weighted by Gasteiger charge is -2.44. The lowest BCUT2D eigenvalue weighted by Crippen LogP contribution is -2.43. The van der Waals surface area contributed by atoms with Crippen molar-refractivity contribution in [3.8, 4) is 0 Å². The Hall–Kier alpha value is -1.62. The van der Waals surface area contributed by atoms with Crippen molar-refractivity contribution in [3.63, 3.8) is 0 Å². The highest BCUT2D eigenvalue weighted by Gasteiger charge is 2.43. The van der Waals surface area contributed by atoms with Crippen LogP contribution in [0.2, 0.25) is 0 Å². The number of allylic oxidation sites excluding steroid dienone is 3. The van der Waals surface area contributed by atoms with E-state index in [0.29, 0.717) is 12.0 Å². The Morgan fingerprint density at radius 3 is 3.03 bits per heavy atom. The Morgan fingerprint density at radius 2 is 2.30 bits per heavy atom. The Bertz CT molecular complexity index is 1060. The number of cyclic esters (lactones) is 1. The lowest BCUT2D eigenvalue weighted by molar-refractivity contribution is -0.166. The summed E-state index contributed by atoms with van der Waals surface area (Å²) in [5.74, 6) is -3.98. The van der Waals surface area contributed by atoms with Crippen LogP contribution in [-0.4, -0.2) is 36.8 Å². The number of fused-ring (bicyclic) bond motifs is 1. The maximum atomic E-state index is 13.4. The summed E-state index contributed by atoms with van der Waals surface area (Å²) < 4.78 is 97.2. The van der Waals surface area contributed by atoms with Crippen molar-refractivity contribution in [2.45, 2.75) is 91.2 Å². The molecule has 0 radical (unpaired) electrons. The van der Waals surface area contributed by atoms with Gasteiger partial charge in [-0.1, -0.05) is 38.9 Å². The number of rotatable bonds is 7. The van der Waals surface area contributed by atoms with Crippen LogP contribution in [0.1, 0.15) is 86.6 Å². The zero-order valence-corrected chi connectivity index (χ0v) is 17.6. The van der Waals surface area contributed by atoms with Crippen LogP contribution in [0.4, 0.5) is 0 Å². The monoisotopic (exact) mass is 429 g/mol. The molecule has 1 aliphatic heterocycles. The quantitative estimate of drug-likeness (QED) is 0.600. The van der Waals surface area contributed by atoms with E-state index in [-0.39, 0.29) is 31.1 Å². The molecule has 1 saturated heterocycles. The second-order valence-corrected chi connectivity index (χ2v) is 9.08. The van der Waals surface area contributed by atoms with E-state index in [4.69, 9.17) is 24.6 Å². The third-order valence-electron chi connectivity index (χ3n) is 6.33. The molecule has 0 amide bonds. The average molecular weight is 430 g/mol. The minimum absolute atomic E-state index is 0.0233. The van der Waals surface area contributed by atoms with Gasteiger partial charge in [-0.3, -0.25) is 9.59 Å². The van der Waals surface area contributed by atoms with Gasteiger partial charge in [0.25, 0.3) is 0 Å². The molecule has 1 fully saturated rings. The summed E-state index contributed by atoms with van der Waals surface area (Å²) >= 11 is 0. The maximum absolute atomic E-state index is 13.4. The second-order valence-electron chi connectivity index (χ2n) is 9.08. The van der Waals surface area contributed by atoms with Crippen molar-refractivity contribution < 1.29 is 37.9 Å². The molecular formula is C25H38O5. The van der Waals surface area contributed by atoms with E-state index in [9.17, 15) is 9.59 Å². The molecular weight excluding hydrogens is 380 g/mol. The largest absolute Gasteiger partial charge is 0.462 e. The molecule has 3 rings (SSSR count). The Morgan fingerprint density at radius 1 is 1.47 bits per heavy atom. The smallest absolute Gasteiger partial charge is 0.311 e. The van der Waals surface area contributed by atoms with E-state index in [2.05, 4.69) is 5.11 Å². The number of ether oxygens (including phenoxy) is 2. The van der Waals surface area contributed by atoms with E-state index < -0.39 is 74.0 Å². The Labute approximate surface area is 196 Å². The summed E-state index contributed by atoms with van der Waals surface area (Å²) in [5, 5.41) is 4.47. The van der Waals surface area contributed by atoms with Crippen LogP contribution < -0.4 is 0 Å². The first-order valence-electron chi connectivity index (χ1n) is 15.9. The summed E-state index contributed by atoms with van der Waals surface area (Å²) in [7, 11) is 0. The third-order valence-corrected chi connectivity index (χ3v) is 6.33. The van der Waals surface area contributed by atoms with Crippen molar-refractivity contribution in [2.24, 2.45) is 29.1 Å². The lowest BCUT2D eigenvalue weighted by atomic mass is 9.65. The van der Waals surface area contributed by atoms with Crippen molar-refractivity contribution in [1.29, 1.82) is 1.43 Å². The van der Waals surface area contributed by atoms with Crippen molar-refractivity contribution >= 4 is 11.9 Å². The predicted molar refractivity (Wildman–Crippen MR) is 115 cm³/mol. The summed E-state index contributed by atoms with van der Waals surface area (Å²) in [4.78, 5) is 25.6. The summed E-state index contributed by atoms with van der Waals surface area (Å²) in [6, 6.07) is 0. The van der Waals surface area contributed by atoms with Gasteiger partial charge < -0.3 is 14.6 Å². The van der Waals surface area contributed by atoms with Crippen molar-refractivity contribution in [3.05, 3.63) is 23.8 Å². The maximum Gasteiger partial charge on any atom is 0.311 e. The molecule has 5 heteroatoms. The number of esters is 2. The first-order valence-corrected chi connectivity index (χ1v) is 10.5. The van der Waals surface area contributed by atoms with E-state index >= 15 is 0 Å². The van der Waals surface area contributed by atoms with E-state index in [1.54, 1.807) is 12.2 Å². The topological polar surface area (TPSA) is 72.8 Å². The van der Waals surface area contributed by atoms with Gasteiger partial charge in [-0.25, -0.2) is 0 Å². The average Bonchev–Trinajstić information content (AvgIpc) is 2.83. The van der Waals surface area contributed by atoms with Crippen LogP contribution in [0.3, 0.4) is 0 Å². The molecule has 1 N–H and O–H groups in total. The number of carbonyl (C=O) groups is 2. The molecule has 1 unspecified atom stereocenters. The number of aliphatic hydroxyl groups excluding tert-OH is 1. The van der Waals surface area contributed by atoms with Gasteiger partial charge in [0.05, 0.1) is 17.9 Å². The molecule has 1 heterocycles. The molecule has 168 valence electrons. The fraction of sp³-hybridized carbons (Fsp3) is 0.760. The van der Waals surface area contributed by atoms with Crippen LogP contribution in [0.5, 0.6) is 0 Å². The Balaban J connectivity index is 1.91. The van der Waals surface area contributed by atoms with Crippen LogP contribution in [0.15, 0.2) is 23.8 Å². The molecule has 5 nitrogen and oxygen atoms in total. The third kappa shape index (κ3) is 5.16. The summed E-state index contributed by atoms with van der Waals surface area (Å²) in [5.41, 5.74) is -1.44. The molecule has 2 aliphatic carbocycles. The molecule has 0 aromatic carbocycles. The van der Waals surface area contributed by atoms with Gasteiger partial charge in [-0.15, -0.1) is 0 Å². The Kier molecular flexibility index (Phi) is 3.83. The fourth-order valence-electron chi connectivity index (χ4n) is 4.56. The molecule has 7 atom stereocenters. The first kappa shape index (κ1) is 12.4. The zero-order chi connectivity index (χ0) is 31.3. The standard InChI is InChI=1S/C25H38O5/c1-6-25(4,5)24(28)30-21-12-15(2)11-17-8-7-16(3)20(23(17)21)10-9-19-13-18(26)14-22(27)29-19/h7-8,11,15-16,18-21,23,26H,6,9-10,12-14H2,1-5H3/t15-,16-,18+,19?,20-,21-,23-/m0/s1/i1D3,2D3,6D2,14D2,26D. The van der Waals surface area contributed by atoms with Gasteiger partial charge in [0.1, 0.15) is 12.2 Å². The van der Waals surface area contributed by atoms with Crippen LogP contribution in [-0.2, 0) is 19.1 Å². The number of carbonyl (C=O) groups excluding carboxylic acids is 2. The van der Waals surface area contributed by atoms with Gasteiger partial charge in [0.15, 0.2) is 0 Å². The van der Waals surface area contributed by atoms with Crippen LogP contribution >= 0.6 is 0 Å². The predicted octanol–water partition coefficient (Wildman–Crippen LogP) is 4.59. The summed E-state index contributed by atoms with van der Waals surface area (Å²) in [6.07, 6.45) is -2.47. The molecule has 0 bridgehead atoms. The zero-order valence-electron chi connectivity index (χ0n) is 28.6. The molecule has 0 aromatic heterocycles. The van der Waals surface area contributed by atoms with Crippen molar-refractivity contribution in [1.82, 2.24) is 0 Å².